The average Bonchev–Trinajstić information content (AvgIpc) is 3.67. The maximum atomic E-state index is 14.6. The van der Waals surface area contributed by atoms with Gasteiger partial charge in [0, 0.05) is 43.6 Å². The molecule has 6 bridgehead atoms. The first-order chi connectivity index (χ1) is 18.1. The topological polar surface area (TPSA) is 92.2 Å². The van der Waals surface area contributed by atoms with Gasteiger partial charge in [0.1, 0.15) is 17.3 Å². The van der Waals surface area contributed by atoms with Gasteiger partial charge in [0.15, 0.2) is 0 Å². The van der Waals surface area contributed by atoms with Crippen molar-refractivity contribution in [2.24, 2.45) is 0 Å². The molecule has 3 aliphatic heterocycles. The first-order valence-electron chi connectivity index (χ1n) is 12.9. The number of carbonyl (C=O) groups excluding carboxylic acids is 1. The lowest BCUT2D eigenvalue weighted by molar-refractivity contribution is -0.124. The number of amides is 1. The Kier molecular flexibility index (Phi) is 5.14. The summed E-state index contributed by atoms with van der Waals surface area (Å²) in [5, 5.41) is 8.68. The van der Waals surface area contributed by atoms with Gasteiger partial charge in [0.25, 0.3) is 0 Å². The molecule has 5 heterocycles. The van der Waals surface area contributed by atoms with E-state index in [1.165, 1.54) is 0 Å². The number of fused-ring (bicyclic) bond motifs is 8. The van der Waals surface area contributed by atoms with Crippen LogP contribution in [0.1, 0.15) is 47.2 Å². The fourth-order valence-corrected chi connectivity index (χ4v) is 6.42. The minimum Gasteiger partial charge on any atom is -0.494 e. The number of H-pyrrole nitrogens is 1. The zero-order chi connectivity index (χ0) is 25.0. The molecule has 1 N–H and O–H groups in total. The molecule has 2 atom stereocenters. The fraction of sp³-hybridized carbons (Fsp3) is 0.357. The minimum atomic E-state index is -0.708. The van der Waals surface area contributed by atoms with Crippen molar-refractivity contribution in [3.8, 4) is 5.75 Å². The number of imidazole rings is 1. The molecule has 9 nitrogen and oxygen atoms in total. The van der Waals surface area contributed by atoms with Crippen LogP contribution in [0.4, 0.5) is 5.69 Å². The van der Waals surface area contributed by atoms with E-state index in [1.54, 1.807) is 0 Å². The Morgan fingerprint density at radius 3 is 2.97 bits per heavy atom. The van der Waals surface area contributed by atoms with Crippen LogP contribution in [0, 0.1) is 6.92 Å². The Morgan fingerprint density at radius 2 is 2.08 bits per heavy atom. The Hall–Kier alpha value is -3.98. The number of likely N-dealkylation sites (tertiary alicyclic amines) is 1. The predicted molar refractivity (Wildman–Crippen MR) is 137 cm³/mol. The second kappa shape index (κ2) is 8.55. The Balaban J connectivity index is 1.40. The van der Waals surface area contributed by atoms with Crippen molar-refractivity contribution < 1.29 is 9.53 Å². The van der Waals surface area contributed by atoms with Crippen LogP contribution in [0.5, 0.6) is 5.75 Å². The van der Waals surface area contributed by atoms with Crippen LogP contribution in [-0.2, 0) is 29.8 Å². The molecule has 1 fully saturated rings. The molecule has 0 radical (unpaired) electrons. The van der Waals surface area contributed by atoms with Crippen LogP contribution in [0.2, 0.25) is 0 Å². The van der Waals surface area contributed by atoms with E-state index < -0.39 is 5.41 Å². The zero-order valence-electron chi connectivity index (χ0n) is 20.8. The number of para-hydroxylation sites is 1. The van der Waals surface area contributed by atoms with E-state index in [4.69, 9.17) is 4.74 Å². The third-order valence-corrected chi connectivity index (χ3v) is 7.94. The smallest absolute Gasteiger partial charge is 0.240 e. The summed E-state index contributed by atoms with van der Waals surface area (Å²) < 4.78 is 7.99. The quantitative estimate of drug-likeness (QED) is 0.458. The van der Waals surface area contributed by atoms with Gasteiger partial charge in [-0.3, -0.25) is 14.4 Å². The number of anilines is 1. The molecule has 0 unspecified atom stereocenters. The second-order valence-electron chi connectivity index (χ2n) is 10.2. The SMILES string of the molecule is Cc1ncc(CN2CC[C@]34C(=O)N(Cc5cn(nn5)CCCOc5cccc(c5)[C@H]23)c2ccccc24)[nH]1. The van der Waals surface area contributed by atoms with Crippen molar-refractivity contribution in [1.82, 2.24) is 29.9 Å². The van der Waals surface area contributed by atoms with E-state index in [2.05, 4.69) is 49.4 Å². The molecule has 2 aromatic heterocycles. The summed E-state index contributed by atoms with van der Waals surface area (Å²) >= 11 is 0. The predicted octanol–water partition coefficient (Wildman–Crippen LogP) is 3.52. The van der Waals surface area contributed by atoms with Crippen molar-refractivity contribution in [2.45, 2.75) is 50.9 Å². The maximum Gasteiger partial charge on any atom is 0.240 e. The van der Waals surface area contributed by atoms with Crippen molar-refractivity contribution in [1.29, 1.82) is 0 Å². The van der Waals surface area contributed by atoms with Crippen LogP contribution in [0.15, 0.2) is 60.9 Å². The first kappa shape index (κ1) is 22.2. The lowest BCUT2D eigenvalue weighted by Gasteiger charge is -2.35. The highest BCUT2D eigenvalue weighted by Gasteiger charge is 2.60. The number of aromatic nitrogens is 5. The number of rotatable bonds is 2. The molecular formula is C28H29N7O2. The van der Waals surface area contributed by atoms with E-state index in [-0.39, 0.29) is 11.9 Å². The van der Waals surface area contributed by atoms with Crippen LogP contribution in [0.3, 0.4) is 0 Å². The van der Waals surface area contributed by atoms with Gasteiger partial charge in [-0.25, -0.2) is 4.98 Å². The van der Waals surface area contributed by atoms with Crippen molar-refractivity contribution in [2.75, 3.05) is 18.1 Å². The number of aromatic amines is 1. The number of nitrogens with zero attached hydrogens (tertiary/aromatic N) is 6. The Morgan fingerprint density at radius 1 is 1.16 bits per heavy atom. The molecule has 188 valence electrons. The molecule has 3 aliphatic rings. The normalized spacial score (nSPS) is 23.2. The Bertz CT molecular complexity index is 1480. The summed E-state index contributed by atoms with van der Waals surface area (Å²) in [4.78, 5) is 26.7. The molecule has 1 amide bonds. The van der Waals surface area contributed by atoms with E-state index in [0.717, 1.165) is 59.2 Å². The summed E-state index contributed by atoms with van der Waals surface area (Å²) in [7, 11) is 0. The summed E-state index contributed by atoms with van der Waals surface area (Å²) in [5.41, 5.74) is 4.27. The summed E-state index contributed by atoms with van der Waals surface area (Å²) in [6, 6.07) is 16.4. The maximum absolute atomic E-state index is 14.6. The van der Waals surface area contributed by atoms with E-state index in [9.17, 15) is 4.79 Å². The summed E-state index contributed by atoms with van der Waals surface area (Å²) in [6.07, 6.45) is 5.39. The third kappa shape index (κ3) is 3.56. The number of hydrogen-bond acceptors (Lipinski definition) is 6. The molecular weight excluding hydrogens is 466 g/mol. The second-order valence-corrected chi connectivity index (χ2v) is 10.2. The molecule has 0 saturated carbocycles. The van der Waals surface area contributed by atoms with Crippen LogP contribution < -0.4 is 9.64 Å². The molecule has 0 aliphatic carbocycles. The van der Waals surface area contributed by atoms with Gasteiger partial charge < -0.3 is 14.6 Å². The lowest BCUT2D eigenvalue weighted by Crippen LogP contribution is -2.44. The van der Waals surface area contributed by atoms with Gasteiger partial charge in [-0.2, -0.15) is 0 Å². The first-order valence-corrected chi connectivity index (χ1v) is 12.9. The van der Waals surface area contributed by atoms with Crippen molar-refractivity contribution >= 4 is 11.6 Å². The molecule has 4 aromatic rings. The molecule has 1 spiro atoms. The molecule has 2 aromatic carbocycles. The highest BCUT2D eigenvalue weighted by atomic mass is 16.5. The summed E-state index contributed by atoms with van der Waals surface area (Å²) in [6.45, 7) is 5.13. The van der Waals surface area contributed by atoms with Gasteiger partial charge in [-0.15, -0.1) is 5.10 Å². The third-order valence-electron chi connectivity index (χ3n) is 7.94. The zero-order valence-corrected chi connectivity index (χ0v) is 20.8. The standard InChI is InChI=1S/C28H29N7O2/c1-19-29-15-21(30-19)16-33-12-10-28-24-8-2-3-9-25(24)35(27(28)36)18-22-17-34(32-31-22)11-5-13-37-23-7-4-6-20(14-23)26(28)33/h2-4,6-9,14-15,17,26H,5,10-13,16,18H2,1H3,(H,29,30)/t26-,28+/m0/s1. The number of ether oxygens (including phenoxy) is 1. The lowest BCUT2D eigenvalue weighted by atomic mass is 9.72. The van der Waals surface area contributed by atoms with Crippen molar-refractivity contribution in [3.63, 3.8) is 0 Å². The fourth-order valence-electron chi connectivity index (χ4n) is 6.42. The van der Waals surface area contributed by atoms with Crippen molar-refractivity contribution in [3.05, 3.63) is 89.3 Å². The van der Waals surface area contributed by atoms with Crippen LogP contribution in [0.25, 0.3) is 0 Å². The molecule has 7 rings (SSSR count). The van der Waals surface area contributed by atoms with Gasteiger partial charge in [-0.1, -0.05) is 35.5 Å². The number of nitrogens with one attached hydrogen (secondary N) is 1. The summed E-state index contributed by atoms with van der Waals surface area (Å²) in [5.74, 6) is 1.84. The monoisotopic (exact) mass is 495 g/mol. The van der Waals surface area contributed by atoms with Gasteiger partial charge in [0.05, 0.1) is 30.8 Å². The highest BCUT2D eigenvalue weighted by molar-refractivity contribution is 6.09. The van der Waals surface area contributed by atoms with E-state index in [0.29, 0.717) is 26.2 Å². The van der Waals surface area contributed by atoms with E-state index in [1.807, 2.05) is 53.2 Å². The number of carbonyl (C=O) groups is 1. The van der Waals surface area contributed by atoms with Gasteiger partial charge in [0.2, 0.25) is 5.91 Å². The highest BCUT2D eigenvalue weighted by Crippen LogP contribution is 2.57. The number of hydrogen-bond donors (Lipinski definition) is 1. The Labute approximate surface area is 215 Å². The van der Waals surface area contributed by atoms with Crippen LogP contribution >= 0.6 is 0 Å². The van der Waals surface area contributed by atoms with Gasteiger partial charge >= 0.3 is 0 Å². The average molecular weight is 496 g/mol. The largest absolute Gasteiger partial charge is 0.494 e. The molecule has 1 saturated heterocycles. The number of benzene rings is 2. The molecule has 9 heteroatoms. The minimum absolute atomic E-state index is 0.123. The van der Waals surface area contributed by atoms with Gasteiger partial charge in [-0.05, 0) is 42.7 Å². The van der Waals surface area contributed by atoms with E-state index >= 15 is 0 Å². The number of aryl methyl sites for hydroxylation is 2. The van der Waals surface area contributed by atoms with Crippen LogP contribution in [-0.4, -0.2) is 48.9 Å². The molecule has 37 heavy (non-hydrogen) atoms.